The lowest BCUT2D eigenvalue weighted by molar-refractivity contribution is -0.137. The van der Waals surface area contributed by atoms with Crippen LogP contribution in [0.4, 0.5) is 18.9 Å². The second kappa shape index (κ2) is 3.38. The van der Waals surface area contributed by atoms with Gasteiger partial charge in [-0.25, -0.2) is 0 Å². The zero-order chi connectivity index (χ0) is 10.2. The van der Waals surface area contributed by atoms with Crippen molar-refractivity contribution >= 4 is 33.2 Å². The lowest BCUT2D eigenvalue weighted by Crippen LogP contribution is -2.05. The van der Waals surface area contributed by atoms with E-state index < -0.39 is 11.7 Å². The number of nitrogens with two attached hydrogens (primary N) is 1. The molecule has 0 unspecified atom stereocenters. The van der Waals surface area contributed by atoms with E-state index in [4.69, 9.17) is 17.3 Å². The molecule has 1 rings (SSSR count). The van der Waals surface area contributed by atoms with Crippen molar-refractivity contribution in [1.82, 2.24) is 0 Å². The maximum atomic E-state index is 12.2. The molecule has 0 aliphatic carbocycles. The highest BCUT2D eigenvalue weighted by molar-refractivity contribution is 9.10. The van der Waals surface area contributed by atoms with Crippen LogP contribution < -0.4 is 5.73 Å². The summed E-state index contributed by atoms with van der Waals surface area (Å²) >= 11 is 8.35. The predicted octanol–water partition coefficient (Wildman–Crippen LogP) is 3.70. The van der Waals surface area contributed by atoms with Gasteiger partial charge in [0.15, 0.2) is 0 Å². The number of hydrogen-bond acceptors (Lipinski definition) is 1. The average Bonchev–Trinajstić information content (AvgIpc) is 1.97. The lowest BCUT2D eigenvalue weighted by Gasteiger charge is -2.09. The molecule has 0 fully saturated rings. The van der Waals surface area contributed by atoms with Crippen LogP contribution in [0.15, 0.2) is 16.6 Å². The molecular weight excluding hydrogens is 270 g/mol. The molecule has 0 amide bonds. The van der Waals surface area contributed by atoms with E-state index >= 15 is 0 Å². The molecule has 72 valence electrons. The molecule has 0 radical (unpaired) electrons. The zero-order valence-corrected chi connectivity index (χ0v) is 8.46. The van der Waals surface area contributed by atoms with Gasteiger partial charge in [0.1, 0.15) is 0 Å². The third kappa shape index (κ3) is 2.28. The molecule has 13 heavy (non-hydrogen) atoms. The summed E-state index contributed by atoms with van der Waals surface area (Å²) in [6.45, 7) is 0. The van der Waals surface area contributed by atoms with Crippen molar-refractivity contribution < 1.29 is 13.2 Å². The first kappa shape index (κ1) is 10.7. The fourth-order valence-corrected chi connectivity index (χ4v) is 1.54. The number of alkyl halides is 3. The second-order valence-electron chi connectivity index (χ2n) is 2.35. The number of benzene rings is 1. The minimum absolute atomic E-state index is 0.106. The average molecular weight is 274 g/mol. The standard InChI is InChI=1S/C7H4BrClF3N/c8-4-1-3(7(10,11)12)2-5(9)6(4)13/h1-2H,13H2. The molecule has 0 heterocycles. The quantitative estimate of drug-likeness (QED) is 0.717. The Hall–Kier alpha value is -0.420. The molecule has 0 atom stereocenters. The van der Waals surface area contributed by atoms with Gasteiger partial charge in [-0.2, -0.15) is 13.2 Å². The Morgan fingerprint density at radius 2 is 1.85 bits per heavy atom. The summed E-state index contributed by atoms with van der Waals surface area (Å²) < 4.78 is 36.6. The second-order valence-corrected chi connectivity index (χ2v) is 3.61. The fraction of sp³-hybridized carbons (Fsp3) is 0.143. The first-order valence-electron chi connectivity index (χ1n) is 3.14. The molecule has 6 heteroatoms. The highest BCUT2D eigenvalue weighted by Gasteiger charge is 2.31. The summed E-state index contributed by atoms with van der Waals surface area (Å²) in [5, 5.41) is -0.110. The van der Waals surface area contributed by atoms with Crippen molar-refractivity contribution in [1.29, 1.82) is 0 Å². The maximum absolute atomic E-state index is 12.2. The number of rotatable bonds is 0. The van der Waals surface area contributed by atoms with E-state index in [2.05, 4.69) is 15.9 Å². The van der Waals surface area contributed by atoms with Gasteiger partial charge in [-0.1, -0.05) is 11.6 Å². The highest BCUT2D eigenvalue weighted by atomic mass is 79.9. The molecule has 0 aromatic heterocycles. The SMILES string of the molecule is Nc1c(Cl)cc(C(F)(F)F)cc1Br. The van der Waals surface area contributed by atoms with Gasteiger partial charge < -0.3 is 5.73 Å². The number of nitrogen functional groups attached to an aromatic ring is 1. The van der Waals surface area contributed by atoms with E-state index in [9.17, 15) is 13.2 Å². The first-order valence-corrected chi connectivity index (χ1v) is 4.31. The third-order valence-corrected chi connectivity index (χ3v) is 2.38. The Morgan fingerprint density at radius 1 is 1.31 bits per heavy atom. The molecule has 1 aromatic carbocycles. The van der Waals surface area contributed by atoms with Gasteiger partial charge in [-0.3, -0.25) is 0 Å². The van der Waals surface area contributed by atoms with Crippen molar-refractivity contribution in [2.45, 2.75) is 6.18 Å². The van der Waals surface area contributed by atoms with Crippen LogP contribution in [0.5, 0.6) is 0 Å². The normalized spacial score (nSPS) is 11.8. The smallest absolute Gasteiger partial charge is 0.397 e. The van der Waals surface area contributed by atoms with Crippen molar-refractivity contribution in [2.24, 2.45) is 0 Å². The van der Waals surface area contributed by atoms with Gasteiger partial charge in [-0.05, 0) is 28.1 Å². The van der Waals surface area contributed by atoms with Crippen molar-refractivity contribution in [3.63, 3.8) is 0 Å². The molecule has 0 bridgehead atoms. The van der Waals surface area contributed by atoms with Crippen LogP contribution in [-0.2, 0) is 6.18 Å². The van der Waals surface area contributed by atoms with Crippen molar-refractivity contribution in [2.75, 3.05) is 5.73 Å². The van der Waals surface area contributed by atoms with E-state index in [-0.39, 0.29) is 15.2 Å². The Labute approximate surface area is 85.8 Å². The number of halogens is 5. The molecule has 1 aromatic rings. The highest BCUT2D eigenvalue weighted by Crippen LogP contribution is 2.36. The van der Waals surface area contributed by atoms with Gasteiger partial charge in [-0.15, -0.1) is 0 Å². The van der Waals surface area contributed by atoms with Crippen LogP contribution in [0.25, 0.3) is 0 Å². The van der Waals surface area contributed by atoms with Crippen molar-refractivity contribution in [3.05, 3.63) is 27.2 Å². The van der Waals surface area contributed by atoms with E-state index in [1.54, 1.807) is 0 Å². The number of anilines is 1. The van der Waals surface area contributed by atoms with Crippen LogP contribution in [0, 0.1) is 0 Å². The monoisotopic (exact) mass is 273 g/mol. The zero-order valence-electron chi connectivity index (χ0n) is 6.12. The van der Waals surface area contributed by atoms with E-state index in [1.165, 1.54) is 0 Å². The van der Waals surface area contributed by atoms with Gasteiger partial charge in [0.2, 0.25) is 0 Å². The van der Waals surface area contributed by atoms with Crippen LogP contribution in [0.3, 0.4) is 0 Å². The summed E-state index contributed by atoms with van der Waals surface area (Å²) in [4.78, 5) is 0. The van der Waals surface area contributed by atoms with Gasteiger partial charge in [0, 0.05) is 4.47 Å². The van der Waals surface area contributed by atoms with Gasteiger partial charge >= 0.3 is 6.18 Å². The van der Waals surface area contributed by atoms with Crippen LogP contribution >= 0.6 is 27.5 Å². The predicted molar refractivity (Wildman–Crippen MR) is 48.6 cm³/mol. The summed E-state index contributed by atoms with van der Waals surface area (Å²) in [7, 11) is 0. The molecular formula is C7H4BrClF3N. The Balaban J connectivity index is 3.29. The molecule has 0 spiro atoms. The van der Waals surface area contributed by atoms with Crippen LogP contribution in [-0.4, -0.2) is 0 Å². The largest absolute Gasteiger partial charge is 0.416 e. The van der Waals surface area contributed by atoms with E-state index in [0.29, 0.717) is 0 Å². The molecule has 1 nitrogen and oxygen atoms in total. The summed E-state index contributed by atoms with van der Waals surface area (Å²) in [5.74, 6) is 0. The van der Waals surface area contributed by atoms with E-state index in [1.807, 2.05) is 0 Å². The molecule has 0 saturated heterocycles. The molecule has 0 aliphatic rings. The van der Waals surface area contributed by atoms with Gasteiger partial charge in [0.05, 0.1) is 16.3 Å². The summed E-state index contributed by atoms with van der Waals surface area (Å²) in [6, 6.07) is 1.68. The third-order valence-electron chi connectivity index (χ3n) is 1.41. The summed E-state index contributed by atoms with van der Waals surface area (Å²) in [6.07, 6.45) is -4.40. The van der Waals surface area contributed by atoms with E-state index in [0.717, 1.165) is 12.1 Å². The van der Waals surface area contributed by atoms with Crippen molar-refractivity contribution in [3.8, 4) is 0 Å². The Bertz CT molecular complexity index is 314. The topological polar surface area (TPSA) is 26.0 Å². The molecule has 0 aliphatic heterocycles. The lowest BCUT2D eigenvalue weighted by atomic mass is 10.2. The minimum atomic E-state index is -4.40. The molecule has 2 N–H and O–H groups in total. The van der Waals surface area contributed by atoms with Gasteiger partial charge in [0.25, 0.3) is 0 Å². The Kier molecular flexibility index (Phi) is 2.77. The maximum Gasteiger partial charge on any atom is 0.416 e. The first-order chi connectivity index (χ1) is 5.82. The fourth-order valence-electron chi connectivity index (χ4n) is 0.748. The minimum Gasteiger partial charge on any atom is -0.397 e. The Morgan fingerprint density at radius 3 is 2.23 bits per heavy atom. The van der Waals surface area contributed by atoms with Crippen LogP contribution in [0.1, 0.15) is 5.56 Å². The van der Waals surface area contributed by atoms with Crippen LogP contribution in [0.2, 0.25) is 5.02 Å². The molecule has 0 saturated carbocycles. The summed E-state index contributed by atoms with van der Waals surface area (Å²) in [5.41, 5.74) is 4.63. The number of hydrogen-bond donors (Lipinski definition) is 1.